The van der Waals surface area contributed by atoms with Gasteiger partial charge in [0.05, 0.1) is 5.60 Å². The van der Waals surface area contributed by atoms with E-state index in [4.69, 9.17) is 15.2 Å². The Balaban J connectivity index is 2.03. The van der Waals surface area contributed by atoms with Gasteiger partial charge in [-0.25, -0.2) is 0 Å². The lowest BCUT2D eigenvalue weighted by atomic mass is 9.70. The quantitative estimate of drug-likeness (QED) is 0.840. The minimum Gasteiger partial charge on any atom is -0.381 e. The van der Waals surface area contributed by atoms with Gasteiger partial charge in [0.25, 0.3) is 0 Å². The predicted molar refractivity (Wildman–Crippen MR) is 73.5 cm³/mol. The Kier molecular flexibility index (Phi) is 5.05. The normalized spacial score (nSPS) is 36.5. The highest BCUT2D eigenvalue weighted by Gasteiger charge is 2.43. The molecule has 1 atom stereocenters. The van der Waals surface area contributed by atoms with Gasteiger partial charge in [0.2, 0.25) is 0 Å². The summed E-state index contributed by atoms with van der Waals surface area (Å²) in [6, 6.07) is 0.189. The van der Waals surface area contributed by atoms with E-state index in [2.05, 4.69) is 13.8 Å². The largest absolute Gasteiger partial charge is 0.381 e. The second-order valence-electron chi connectivity index (χ2n) is 6.16. The Labute approximate surface area is 111 Å². The van der Waals surface area contributed by atoms with Gasteiger partial charge in [-0.05, 0) is 57.3 Å². The molecule has 2 rings (SSSR count). The molecule has 1 aliphatic carbocycles. The van der Waals surface area contributed by atoms with E-state index in [1.165, 1.54) is 12.8 Å². The molecular formula is C15H29NO2. The van der Waals surface area contributed by atoms with Crippen LogP contribution in [-0.4, -0.2) is 31.5 Å². The van der Waals surface area contributed by atoms with Crippen LogP contribution < -0.4 is 5.73 Å². The van der Waals surface area contributed by atoms with Crippen LogP contribution in [0.3, 0.4) is 0 Å². The number of hydrogen-bond donors (Lipinski definition) is 1. The van der Waals surface area contributed by atoms with Crippen molar-refractivity contribution in [2.24, 2.45) is 17.6 Å². The fourth-order valence-corrected chi connectivity index (χ4v) is 3.62. The number of hydrogen-bond acceptors (Lipinski definition) is 3. The Morgan fingerprint density at radius 2 is 1.83 bits per heavy atom. The van der Waals surface area contributed by atoms with E-state index >= 15 is 0 Å². The maximum atomic E-state index is 6.61. The van der Waals surface area contributed by atoms with Crippen molar-refractivity contribution in [3.05, 3.63) is 0 Å². The fraction of sp³-hybridized carbons (Fsp3) is 1.00. The van der Waals surface area contributed by atoms with E-state index in [0.29, 0.717) is 5.92 Å². The van der Waals surface area contributed by atoms with E-state index in [1.54, 1.807) is 0 Å². The molecule has 2 N–H and O–H groups in total. The molecule has 0 amide bonds. The van der Waals surface area contributed by atoms with Crippen molar-refractivity contribution in [2.75, 3.05) is 19.8 Å². The van der Waals surface area contributed by atoms with Gasteiger partial charge < -0.3 is 15.2 Å². The molecule has 2 fully saturated rings. The third kappa shape index (κ3) is 3.06. The summed E-state index contributed by atoms with van der Waals surface area (Å²) >= 11 is 0. The molecule has 0 aromatic heterocycles. The lowest BCUT2D eigenvalue weighted by molar-refractivity contribution is -0.108. The van der Waals surface area contributed by atoms with Crippen LogP contribution in [0.5, 0.6) is 0 Å². The van der Waals surface area contributed by atoms with Crippen LogP contribution in [0.25, 0.3) is 0 Å². The lowest BCUT2D eigenvalue weighted by Gasteiger charge is -2.46. The van der Waals surface area contributed by atoms with Gasteiger partial charge in [-0.1, -0.05) is 6.92 Å². The van der Waals surface area contributed by atoms with Crippen LogP contribution in [0, 0.1) is 11.8 Å². The third-order valence-electron chi connectivity index (χ3n) is 4.93. The molecule has 0 aromatic carbocycles. The molecule has 0 bridgehead atoms. The Hall–Kier alpha value is -0.120. The van der Waals surface area contributed by atoms with Gasteiger partial charge in [0.1, 0.15) is 0 Å². The van der Waals surface area contributed by atoms with E-state index in [9.17, 15) is 0 Å². The molecule has 2 aliphatic rings. The van der Waals surface area contributed by atoms with Crippen LogP contribution in [0.1, 0.15) is 52.4 Å². The monoisotopic (exact) mass is 255 g/mol. The molecule has 1 saturated heterocycles. The molecule has 0 spiro atoms. The van der Waals surface area contributed by atoms with Gasteiger partial charge in [-0.15, -0.1) is 0 Å². The predicted octanol–water partition coefficient (Wildman–Crippen LogP) is 2.73. The number of rotatable bonds is 4. The van der Waals surface area contributed by atoms with Crippen molar-refractivity contribution in [3.63, 3.8) is 0 Å². The smallest absolute Gasteiger partial charge is 0.0835 e. The molecule has 3 nitrogen and oxygen atoms in total. The van der Waals surface area contributed by atoms with E-state index < -0.39 is 0 Å². The molecule has 1 unspecified atom stereocenters. The summed E-state index contributed by atoms with van der Waals surface area (Å²) in [7, 11) is 0. The van der Waals surface area contributed by atoms with Gasteiger partial charge in [-0.3, -0.25) is 0 Å². The Morgan fingerprint density at radius 1 is 1.22 bits per heavy atom. The second-order valence-corrected chi connectivity index (χ2v) is 6.16. The summed E-state index contributed by atoms with van der Waals surface area (Å²) in [5.74, 6) is 1.42. The van der Waals surface area contributed by atoms with Crippen molar-refractivity contribution in [1.82, 2.24) is 0 Å². The second kappa shape index (κ2) is 6.36. The van der Waals surface area contributed by atoms with Crippen molar-refractivity contribution in [2.45, 2.75) is 64.0 Å². The van der Waals surface area contributed by atoms with Crippen molar-refractivity contribution >= 4 is 0 Å². The zero-order valence-electron chi connectivity index (χ0n) is 12.0. The molecule has 106 valence electrons. The maximum Gasteiger partial charge on any atom is 0.0835 e. The summed E-state index contributed by atoms with van der Waals surface area (Å²) in [6.45, 7) is 6.96. The zero-order valence-corrected chi connectivity index (χ0v) is 12.0. The van der Waals surface area contributed by atoms with E-state index in [1.807, 2.05) is 0 Å². The zero-order chi connectivity index (χ0) is 13.0. The van der Waals surface area contributed by atoms with Gasteiger partial charge >= 0.3 is 0 Å². The van der Waals surface area contributed by atoms with Gasteiger partial charge in [0, 0.05) is 25.9 Å². The molecule has 3 heteroatoms. The lowest BCUT2D eigenvalue weighted by Crippen LogP contribution is -2.56. The highest BCUT2D eigenvalue weighted by atomic mass is 16.5. The molecule has 1 aliphatic heterocycles. The maximum absolute atomic E-state index is 6.61. The Morgan fingerprint density at radius 3 is 2.39 bits per heavy atom. The standard InChI is InChI=1S/C15H29NO2/c1-3-18-15(8-4-12(2)5-9-15)14(16)13-6-10-17-11-7-13/h12-14H,3-11,16H2,1-2H3. The van der Waals surface area contributed by atoms with Crippen LogP contribution in [0.4, 0.5) is 0 Å². The third-order valence-corrected chi connectivity index (χ3v) is 4.93. The van der Waals surface area contributed by atoms with Crippen LogP contribution in [0.15, 0.2) is 0 Å². The van der Waals surface area contributed by atoms with Crippen molar-refractivity contribution in [3.8, 4) is 0 Å². The van der Waals surface area contributed by atoms with E-state index in [-0.39, 0.29) is 11.6 Å². The summed E-state index contributed by atoms with van der Waals surface area (Å²) in [5, 5.41) is 0. The SMILES string of the molecule is CCOC1(C(N)C2CCOCC2)CCC(C)CC1. The molecule has 0 radical (unpaired) electrons. The van der Waals surface area contributed by atoms with Gasteiger partial charge in [-0.2, -0.15) is 0 Å². The topological polar surface area (TPSA) is 44.5 Å². The van der Waals surface area contributed by atoms with Crippen LogP contribution in [0.2, 0.25) is 0 Å². The highest BCUT2D eigenvalue weighted by Crippen LogP contribution is 2.40. The minimum atomic E-state index is -0.0523. The van der Waals surface area contributed by atoms with Crippen LogP contribution >= 0.6 is 0 Å². The first-order valence-electron chi connectivity index (χ1n) is 7.65. The average Bonchev–Trinajstić information content (AvgIpc) is 2.42. The molecule has 1 saturated carbocycles. The first-order valence-corrected chi connectivity index (χ1v) is 7.65. The fourth-order valence-electron chi connectivity index (χ4n) is 3.62. The molecular weight excluding hydrogens is 226 g/mol. The van der Waals surface area contributed by atoms with Crippen molar-refractivity contribution in [1.29, 1.82) is 0 Å². The molecule has 0 aromatic rings. The average molecular weight is 255 g/mol. The van der Waals surface area contributed by atoms with Crippen molar-refractivity contribution < 1.29 is 9.47 Å². The van der Waals surface area contributed by atoms with E-state index in [0.717, 1.165) is 51.4 Å². The molecule has 18 heavy (non-hydrogen) atoms. The number of ether oxygens (including phenoxy) is 2. The summed E-state index contributed by atoms with van der Waals surface area (Å²) in [4.78, 5) is 0. The number of nitrogens with two attached hydrogens (primary N) is 1. The minimum absolute atomic E-state index is 0.0523. The summed E-state index contributed by atoms with van der Waals surface area (Å²) in [6.07, 6.45) is 7.01. The summed E-state index contributed by atoms with van der Waals surface area (Å²) in [5.41, 5.74) is 6.56. The van der Waals surface area contributed by atoms with Crippen LogP contribution in [-0.2, 0) is 9.47 Å². The molecule has 1 heterocycles. The first-order chi connectivity index (χ1) is 8.68. The van der Waals surface area contributed by atoms with Gasteiger partial charge in [0.15, 0.2) is 0 Å². The first kappa shape index (κ1) is 14.3. The highest BCUT2D eigenvalue weighted by molar-refractivity contribution is 4.98. The summed E-state index contributed by atoms with van der Waals surface area (Å²) < 4.78 is 11.6. The Bertz CT molecular complexity index is 243.